The van der Waals surface area contributed by atoms with Crippen LogP contribution in [0.2, 0.25) is 0 Å². The van der Waals surface area contributed by atoms with Crippen molar-refractivity contribution in [1.82, 2.24) is 9.78 Å². The van der Waals surface area contributed by atoms with Gasteiger partial charge in [0.15, 0.2) is 0 Å². The summed E-state index contributed by atoms with van der Waals surface area (Å²) in [7, 11) is 1.36. The Morgan fingerprint density at radius 2 is 2.50 bits per heavy atom. The van der Waals surface area contributed by atoms with Crippen molar-refractivity contribution in [3.05, 3.63) is 16.9 Å². The van der Waals surface area contributed by atoms with Gasteiger partial charge in [0.05, 0.1) is 7.11 Å². The molecule has 0 aromatic carbocycles. The predicted octanol–water partition coefficient (Wildman–Crippen LogP) is 1.38. The number of hydrogen-bond acceptors (Lipinski definition) is 3. The quantitative estimate of drug-likeness (QED) is 0.725. The van der Waals surface area contributed by atoms with Gasteiger partial charge in [-0.1, -0.05) is 0 Å². The van der Waals surface area contributed by atoms with E-state index in [1.165, 1.54) is 11.8 Å². The summed E-state index contributed by atoms with van der Waals surface area (Å²) in [5, 5.41) is 4.01. The SMILES string of the molecule is COC(=O)C(C)n1ccc(Br)n1. The first-order valence-electron chi connectivity index (χ1n) is 3.43. The third-order valence-corrected chi connectivity index (χ3v) is 1.94. The summed E-state index contributed by atoms with van der Waals surface area (Å²) in [5.41, 5.74) is 0. The number of carbonyl (C=O) groups is 1. The summed E-state index contributed by atoms with van der Waals surface area (Å²) in [6, 6.07) is 1.39. The zero-order valence-electron chi connectivity index (χ0n) is 6.82. The molecule has 0 radical (unpaired) electrons. The molecular formula is C7H9BrN2O2. The van der Waals surface area contributed by atoms with Gasteiger partial charge in [0.1, 0.15) is 10.6 Å². The molecule has 0 aliphatic carbocycles. The molecule has 0 aliphatic rings. The maximum atomic E-state index is 11.0. The Hall–Kier alpha value is -0.840. The molecule has 1 unspecified atom stereocenters. The summed E-state index contributed by atoms with van der Waals surface area (Å²) in [5.74, 6) is -0.300. The topological polar surface area (TPSA) is 44.1 Å². The van der Waals surface area contributed by atoms with Gasteiger partial charge in [0, 0.05) is 6.20 Å². The molecule has 0 saturated heterocycles. The molecule has 5 heteroatoms. The Kier molecular flexibility index (Phi) is 2.86. The predicted molar refractivity (Wildman–Crippen MR) is 46.7 cm³/mol. The molecule has 0 saturated carbocycles. The highest BCUT2D eigenvalue weighted by Gasteiger charge is 2.15. The smallest absolute Gasteiger partial charge is 0.330 e. The average molecular weight is 233 g/mol. The Morgan fingerprint density at radius 3 is 2.92 bits per heavy atom. The first kappa shape index (κ1) is 9.25. The molecule has 0 fully saturated rings. The number of nitrogens with zero attached hydrogens (tertiary/aromatic N) is 2. The van der Waals surface area contributed by atoms with Crippen molar-refractivity contribution in [2.24, 2.45) is 0 Å². The first-order chi connectivity index (χ1) is 5.65. The van der Waals surface area contributed by atoms with E-state index in [-0.39, 0.29) is 12.0 Å². The number of methoxy groups -OCH3 is 1. The number of esters is 1. The number of aromatic nitrogens is 2. The van der Waals surface area contributed by atoms with Gasteiger partial charge in [0.25, 0.3) is 0 Å². The number of halogens is 1. The Morgan fingerprint density at radius 1 is 1.83 bits per heavy atom. The second-order valence-corrected chi connectivity index (χ2v) is 3.13. The molecule has 1 heterocycles. The molecule has 1 aromatic rings. The summed E-state index contributed by atoms with van der Waals surface area (Å²) < 4.78 is 6.80. The lowest BCUT2D eigenvalue weighted by molar-refractivity contribution is -0.144. The van der Waals surface area contributed by atoms with E-state index in [0.29, 0.717) is 4.60 Å². The van der Waals surface area contributed by atoms with Crippen molar-refractivity contribution < 1.29 is 9.53 Å². The summed E-state index contributed by atoms with van der Waals surface area (Å²) in [6.45, 7) is 1.73. The van der Waals surface area contributed by atoms with Crippen LogP contribution in [0.15, 0.2) is 16.9 Å². The molecular weight excluding hydrogens is 224 g/mol. The molecule has 1 aromatic heterocycles. The van der Waals surface area contributed by atoms with Gasteiger partial charge < -0.3 is 4.74 Å². The van der Waals surface area contributed by atoms with Crippen LogP contribution < -0.4 is 0 Å². The minimum Gasteiger partial charge on any atom is -0.467 e. The summed E-state index contributed by atoms with van der Waals surface area (Å²) >= 11 is 3.19. The van der Waals surface area contributed by atoms with E-state index >= 15 is 0 Å². The van der Waals surface area contributed by atoms with E-state index in [0.717, 1.165) is 0 Å². The first-order valence-corrected chi connectivity index (χ1v) is 4.23. The van der Waals surface area contributed by atoms with Gasteiger partial charge in [-0.25, -0.2) is 4.79 Å². The highest BCUT2D eigenvalue weighted by atomic mass is 79.9. The highest BCUT2D eigenvalue weighted by Crippen LogP contribution is 2.10. The number of hydrogen-bond donors (Lipinski definition) is 0. The van der Waals surface area contributed by atoms with Crippen molar-refractivity contribution in [1.29, 1.82) is 0 Å². The van der Waals surface area contributed by atoms with Crippen LogP contribution in [-0.2, 0) is 9.53 Å². The fourth-order valence-electron chi connectivity index (χ4n) is 0.809. The van der Waals surface area contributed by atoms with E-state index < -0.39 is 0 Å². The Labute approximate surface area is 78.6 Å². The van der Waals surface area contributed by atoms with Crippen LogP contribution in [0, 0.1) is 0 Å². The van der Waals surface area contributed by atoms with Crippen LogP contribution in [0.1, 0.15) is 13.0 Å². The third kappa shape index (κ3) is 1.85. The van der Waals surface area contributed by atoms with Crippen molar-refractivity contribution in [3.63, 3.8) is 0 Å². The van der Waals surface area contributed by atoms with Crippen molar-refractivity contribution >= 4 is 21.9 Å². The van der Waals surface area contributed by atoms with Crippen LogP contribution in [-0.4, -0.2) is 22.9 Å². The second-order valence-electron chi connectivity index (χ2n) is 2.32. The molecule has 4 nitrogen and oxygen atoms in total. The van der Waals surface area contributed by atoms with Crippen LogP contribution in [0.5, 0.6) is 0 Å². The molecule has 0 aliphatic heterocycles. The minimum atomic E-state index is -0.374. The fourth-order valence-corrected chi connectivity index (χ4v) is 1.11. The standard InChI is InChI=1S/C7H9BrN2O2/c1-5(7(11)12-2)10-4-3-6(8)9-10/h3-5H,1-2H3. The van der Waals surface area contributed by atoms with E-state index in [9.17, 15) is 4.79 Å². The molecule has 0 spiro atoms. The van der Waals surface area contributed by atoms with E-state index in [1.54, 1.807) is 19.2 Å². The zero-order valence-corrected chi connectivity index (χ0v) is 8.41. The van der Waals surface area contributed by atoms with E-state index in [1.807, 2.05) is 0 Å². The highest BCUT2D eigenvalue weighted by molar-refractivity contribution is 9.10. The molecule has 1 atom stereocenters. The maximum Gasteiger partial charge on any atom is 0.330 e. The Bertz CT molecular complexity index is 285. The van der Waals surface area contributed by atoms with E-state index in [2.05, 4.69) is 25.8 Å². The fraction of sp³-hybridized carbons (Fsp3) is 0.429. The number of rotatable bonds is 2. The molecule has 0 amide bonds. The van der Waals surface area contributed by atoms with Crippen molar-refractivity contribution in [2.45, 2.75) is 13.0 Å². The summed E-state index contributed by atoms with van der Waals surface area (Å²) in [4.78, 5) is 11.0. The molecule has 1 rings (SSSR count). The lowest BCUT2D eigenvalue weighted by Crippen LogP contribution is -2.18. The monoisotopic (exact) mass is 232 g/mol. The molecule has 0 bridgehead atoms. The van der Waals surface area contributed by atoms with Gasteiger partial charge in [-0.05, 0) is 28.9 Å². The van der Waals surface area contributed by atoms with Crippen LogP contribution in [0.25, 0.3) is 0 Å². The van der Waals surface area contributed by atoms with Gasteiger partial charge in [-0.3, -0.25) is 4.68 Å². The van der Waals surface area contributed by atoms with Gasteiger partial charge in [-0.2, -0.15) is 5.10 Å². The zero-order chi connectivity index (χ0) is 9.14. The lowest BCUT2D eigenvalue weighted by Gasteiger charge is -2.08. The van der Waals surface area contributed by atoms with Gasteiger partial charge >= 0.3 is 5.97 Å². The lowest BCUT2D eigenvalue weighted by atomic mass is 10.3. The van der Waals surface area contributed by atoms with Crippen molar-refractivity contribution in [3.8, 4) is 0 Å². The molecule has 66 valence electrons. The second kappa shape index (κ2) is 3.71. The molecule has 0 N–H and O–H groups in total. The van der Waals surface area contributed by atoms with Gasteiger partial charge in [-0.15, -0.1) is 0 Å². The van der Waals surface area contributed by atoms with Crippen LogP contribution in [0.3, 0.4) is 0 Å². The molecule has 12 heavy (non-hydrogen) atoms. The van der Waals surface area contributed by atoms with Crippen LogP contribution >= 0.6 is 15.9 Å². The van der Waals surface area contributed by atoms with Gasteiger partial charge in [0.2, 0.25) is 0 Å². The Balaban J connectivity index is 2.77. The average Bonchev–Trinajstić information content (AvgIpc) is 2.49. The number of ether oxygens (including phenoxy) is 1. The summed E-state index contributed by atoms with van der Waals surface area (Å²) in [6.07, 6.45) is 1.71. The third-order valence-electron chi connectivity index (χ3n) is 1.51. The van der Waals surface area contributed by atoms with Crippen molar-refractivity contribution in [2.75, 3.05) is 7.11 Å². The normalized spacial score (nSPS) is 12.6. The van der Waals surface area contributed by atoms with E-state index in [4.69, 9.17) is 0 Å². The maximum absolute atomic E-state index is 11.0. The van der Waals surface area contributed by atoms with Crippen LogP contribution in [0.4, 0.5) is 0 Å². The minimum absolute atomic E-state index is 0.300. The number of carbonyl (C=O) groups excluding carboxylic acids is 1. The largest absolute Gasteiger partial charge is 0.467 e.